The number of carbonyl (C=O) groups is 1. The predicted octanol–water partition coefficient (Wildman–Crippen LogP) is 4.97. The molecule has 0 bridgehead atoms. The summed E-state index contributed by atoms with van der Waals surface area (Å²) in [6.07, 6.45) is -3.70. The lowest BCUT2D eigenvalue weighted by atomic mass is 10.0. The summed E-state index contributed by atoms with van der Waals surface area (Å²) in [6, 6.07) is 20.7. The number of rotatable bonds is 5. The fourth-order valence-electron chi connectivity index (χ4n) is 2.70. The molecule has 152 valence electrons. The average molecular weight is 411 g/mol. The summed E-state index contributed by atoms with van der Waals surface area (Å²) in [5.74, 6) is -0.564. The second kappa shape index (κ2) is 9.04. The molecule has 0 saturated heterocycles. The molecule has 3 aromatic rings. The highest BCUT2D eigenvalue weighted by Gasteiger charge is 2.30. The van der Waals surface area contributed by atoms with Gasteiger partial charge in [-0.05, 0) is 35.4 Å². The summed E-state index contributed by atoms with van der Waals surface area (Å²) in [5, 5.41) is 15.4. The third kappa shape index (κ3) is 5.11. The lowest BCUT2D eigenvalue weighted by Crippen LogP contribution is -2.21. The number of hydrogen-bond donors (Lipinski definition) is 2. The first-order valence-corrected chi connectivity index (χ1v) is 8.77. The van der Waals surface area contributed by atoms with Crippen molar-refractivity contribution in [2.45, 2.75) is 6.18 Å². The van der Waals surface area contributed by atoms with Crippen LogP contribution in [-0.4, -0.2) is 23.0 Å². The van der Waals surface area contributed by atoms with Gasteiger partial charge in [-0.1, -0.05) is 59.8 Å². The summed E-state index contributed by atoms with van der Waals surface area (Å²) in [4.78, 5) is 12.4. The topological polar surface area (TPSA) is 74.0 Å². The minimum Gasteiger partial charge on any atom is -0.411 e. The van der Waals surface area contributed by atoms with Crippen molar-refractivity contribution in [3.05, 3.63) is 95.6 Å². The van der Waals surface area contributed by atoms with Crippen LogP contribution >= 0.6 is 0 Å². The van der Waals surface area contributed by atoms with E-state index in [0.717, 1.165) is 29.5 Å². The van der Waals surface area contributed by atoms with Gasteiger partial charge in [0.1, 0.15) is 5.71 Å². The highest BCUT2D eigenvalue weighted by molar-refractivity contribution is 6.38. The summed E-state index contributed by atoms with van der Waals surface area (Å²) in [6.45, 7) is 0. The van der Waals surface area contributed by atoms with E-state index in [1.54, 1.807) is 24.3 Å². The zero-order chi connectivity index (χ0) is 21.6. The zero-order valence-corrected chi connectivity index (χ0v) is 15.5. The largest absolute Gasteiger partial charge is 0.416 e. The van der Waals surface area contributed by atoms with Gasteiger partial charge in [0.2, 0.25) is 0 Å². The average Bonchev–Trinajstić information content (AvgIpc) is 2.76. The second-order valence-electron chi connectivity index (χ2n) is 6.20. The van der Waals surface area contributed by atoms with Gasteiger partial charge in [0.05, 0.1) is 11.8 Å². The maximum absolute atomic E-state index is 12.9. The van der Waals surface area contributed by atoms with Crippen molar-refractivity contribution in [1.29, 1.82) is 0 Å². The Bertz CT molecular complexity index is 1080. The van der Waals surface area contributed by atoms with Crippen LogP contribution in [0.3, 0.4) is 0 Å². The van der Waals surface area contributed by atoms with Gasteiger partial charge >= 0.3 is 6.18 Å². The van der Waals surface area contributed by atoms with E-state index in [1.165, 1.54) is 12.1 Å². The van der Waals surface area contributed by atoms with E-state index in [1.807, 2.05) is 30.3 Å². The number of alkyl halides is 3. The molecule has 5 nitrogen and oxygen atoms in total. The van der Waals surface area contributed by atoms with Crippen molar-refractivity contribution in [1.82, 2.24) is 5.43 Å². The van der Waals surface area contributed by atoms with Crippen molar-refractivity contribution >= 4 is 17.8 Å². The van der Waals surface area contributed by atoms with E-state index in [4.69, 9.17) is 5.21 Å². The van der Waals surface area contributed by atoms with E-state index in [-0.39, 0.29) is 11.3 Å². The first-order chi connectivity index (χ1) is 14.4. The van der Waals surface area contributed by atoms with Gasteiger partial charge in [0, 0.05) is 11.1 Å². The van der Waals surface area contributed by atoms with Crippen LogP contribution < -0.4 is 5.43 Å². The predicted molar refractivity (Wildman–Crippen MR) is 108 cm³/mol. The van der Waals surface area contributed by atoms with Crippen molar-refractivity contribution < 1.29 is 23.2 Å². The molecule has 3 rings (SSSR count). The molecule has 0 atom stereocenters. The fraction of sp³-hybridized carbons (Fsp3) is 0.0455. The van der Waals surface area contributed by atoms with E-state index in [9.17, 15) is 18.0 Å². The third-order valence-electron chi connectivity index (χ3n) is 4.20. The standard InChI is InChI=1S/C22H16F3N3O2/c23-22(24,25)19-8-4-7-18(13-19)20(14-26-30)27-28-21(29)17-11-9-16(10-12-17)15-5-2-1-3-6-15/h1-14,30H,(H,28,29). The van der Waals surface area contributed by atoms with Crippen LogP contribution in [0.15, 0.2) is 89.1 Å². The fourth-order valence-corrected chi connectivity index (χ4v) is 2.70. The number of nitrogens with one attached hydrogen (secondary N) is 1. The zero-order valence-electron chi connectivity index (χ0n) is 15.5. The molecule has 8 heteroatoms. The Morgan fingerprint density at radius 1 is 0.867 bits per heavy atom. The molecule has 2 N–H and O–H groups in total. The SMILES string of the molecule is O=C(NN=C(C=NO)c1cccc(C(F)(F)F)c1)c1ccc(-c2ccccc2)cc1. The van der Waals surface area contributed by atoms with Gasteiger partial charge in [0.15, 0.2) is 0 Å². The molecule has 1 amide bonds. The highest BCUT2D eigenvalue weighted by Crippen LogP contribution is 2.29. The minimum absolute atomic E-state index is 0.0300. The Hall–Kier alpha value is -3.94. The van der Waals surface area contributed by atoms with E-state index in [0.29, 0.717) is 5.56 Å². The van der Waals surface area contributed by atoms with Crippen LogP contribution in [0.2, 0.25) is 0 Å². The first kappa shape index (κ1) is 20.8. The monoisotopic (exact) mass is 411 g/mol. The lowest BCUT2D eigenvalue weighted by Gasteiger charge is -2.09. The second-order valence-corrected chi connectivity index (χ2v) is 6.20. The van der Waals surface area contributed by atoms with Crippen LogP contribution in [0.4, 0.5) is 13.2 Å². The number of carbonyl (C=O) groups excluding carboxylic acids is 1. The van der Waals surface area contributed by atoms with Gasteiger partial charge < -0.3 is 5.21 Å². The maximum atomic E-state index is 12.9. The van der Waals surface area contributed by atoms with Crippen LogP contribution in [0, 0.1) is 0 Å². The molecular weight excluding hydrogens is 395 g/mol. The molecule has 0 fully saturated rings. The Labute approximate surface area is 170 Å². The number of oxime groups is 1. The van der Waals surface area contributed by atoms with Gasteiger partial charge in [0.25, 0.3) is 5.91 Å². The van der Waals surface area contributed by atoms with E-state index in [2.05, 4.69) is 15.7 Å². The quantitative estimate of drug-likeness (QED) is 0.354. The lowest BCUT2D eigenvalue weighted by molar-refractivity contribution is -0.137. The Morgan fingerprint density at radius 2 is 1.53 bits per heavy atom. The van der Waals surface area contributed by atoms with Crippen molar-refractivity contribution in [2.24, 2.45) is 10.3 Å². The van der Waals surface area contributed by atoms with Crippen molar-refractivity contribution in [3.63, 3.8) is 0 Å². The molecule has 0 aromatic heterocycles. The Kier molecular flexibility index (Phi) is 6.26. The summed E-state index contributed by atoms with van der Waals surface area (Å²) in [5.41, 5.74) is 3.49. The molecular formula is C22H16F3N3O2. The van der Waals surface area contributed by atoms with Gasteiger partial charge in [-0.3, -0.25) is 4.79 Å². The van der Waals surface area contributed by atoms with E-state index >= 15 is 0 Å². The molecule has 0 spiro atoms. The number of hydrogen-bond acceptors (Lipinski definition) is 4. The molecule has 0 saturated carbocycles. The number of benzene rings is 3. The Morgan fingerprint density at radius 3 is 2.17 bits per heavy atom. The molecule has 30 heavy (non-hydrogen) atoms. The molecule has 0 radical (unpaired) electrons. The molecule has 3 aromatic carbocycles. The maximum Gasteiger partial charge on any atom is 0.416 e. The number of halogens is 3. The molecule has 0 aliphatic heterocycles. The van der Waals surface area contributed by atoms with Crippen LogP contribution in [0.25, 0.3) is 11.1 Å². The van der Waals surface area contributed by atoms with Crippen LogP contribution in [0.5, 0.6) is 0 Å². The summed E-state index contributed by atoms with van der Waals surface area (Å²) < 4.78 is 38.7. The van der Waals surface area contributed by atoms with Gasteiger partial charge in [-0.25, -0.2) is 5.43 Å². The van der Waals surface area contributed by atoms with Crippen LogP contribution in [0.1, 0.15) is 21.5 Å². The molecule has 0 unspecified atom stereocenters. The van der Waals surface area contributed by atoms with Gasteiger partial charge in [-0.2, -0.15) is 18.3 Å². The van der Waals surface area contributed by atoms with Gasteiger partial charge in [-0.15, -0.1) is 0 Å². The number of nitrogens with zero attached hydrogens (tertiary/aromatic N) is 2. The smallest absolute Gasteiger partial charge is 0.411 e. The summed E-state index contributed by atoms with van der Waals surface area (Å²) in [7, 11) is 0. The summed E-state index contributed by atoms with van der Waals surface area (Å²) >= 11 is 0. The highest BCUT2D eigenvalue weighted by atomic mass is 19.4. The van der Waals surface area contributed by atoms with Crippen LogP contribution in [-0.2, 0) is 6.18 Å². The third-order valence-corrected chi connectivity index (χ3v) is 4.20. The normalized spacial score (nSPS) is 12.2. The van der Waals surface area contributed by atoms with E-state index < -0.39 is 17.6 Å². The molecule has 0 aliphatic carbocycles. The minimum atomic E-state index is -4.54. The number of amides is 1. The first-order valence-electron chi connectivity index (χ1n) is 8.77. The molecule has 0 aliphatic rings. The number of hydrazone groups is 1. The van der Waals surface area contributed by atoms with Crippen molar-refractivity contribution in [2.75, 3.05) is 0 Å². The Balaban J connectivity index is 1.79. The van der Waals surface area contributed by atoms with Crippen molar-refractivity contribution in [3.8, 4) is 11.1 Å². The molecule has 0 heterocycles.